The molecule has 1 aliphatic carbocycles. The topological polar surface area (TPSA) is 75.4 Å². The van der Waals surface area contributed by atoms with Gasteiger partial charge < -0.3 is 16.0 Å². The lowest BCUT2D eigenvalue weighted by atomic mass is 9.87. The highest BCUT2D eigenvalue weighted by Gasteiger charge is 2.38. The third-order valence-corrected chi connectivity index (χ3v) is 5.67. The molecule has 2 atom stereocenters. The van der Waals surface area contributed by atoms with Crippen LogP contribution in [0.3, 0.4) is 0 Å². The van der Waals surface area contributed by atoms with Crippen molar-refractivity contribution in [1.82, 2.24) is 5.32 Å². The maximum Gasteiger partial charge on any atom is 0.239 e. The van der Waals surface area contributed by atoms with Gasteiger partial charge in [-0.2, -0.15) is 0 Å². The molecule has 1 heterocycles. The van der Waals surface area contributed by atoms with E-state index in [0.717, 1.165) is 36.2 Å². The quantitative estimate of drug-likeness (QED) is 0.585. The van der Waals surface area contributed by atoms with Gasteiger partial charge in [-0.25, -0.2) is 0 Å². The Morgan fingerprint density at radius 3 is 2.79 bits per heavy atom. The van der Waals surface area contributed by atoms with E-state index in [1.54, 1.807) is 17.0 Å². The molecule has 0 aromatic heterocycles. The number of rotatable bonds is 3. The Morgan fingerprint density at radius 1 is 1.18 bits per heavy atom. The molecule has 4 rings (SSSR count). The van der Waals surface area contributed by atoms with Crippen molar-refractivity contribution < 1.29 is 9.59 Å². The number of anilines is 2. The summed E-state index contributed by atoms with van der Waals surface area (Å²) in [4.78, 5) is 27.3. The summed E-state index contributed by atoms with van der Waals surface area (Å²) in [6.45, 7) is 0.523. The molecule has 0 radical (unpaired) electrons. The predicted octanol–water partition coefficient (Wildman–Crippen LogP) is 3.89. The molecule has 2 amide bonds. The van der Waals surface area contributed by atoms with Gasteiger partial charge in [-0.3, -0.25) is 9.59 Å². The molecule has 1 saturated heterocycles. The van der Waals surface area contributed by atoms with Crippen molar-refractivity contribution in [3.05, 3.63) is 58.6 Å². The summed E-state index contributed by atoms with van der Waals surface area (Å²) in [5.74, 6) is -1.01. The van der Waals surface area contributed by atoms with Crippen molar-refractivity contribution in [2.45, 2.75) is 31.7 Å². The Hall–Kier alpha value is -2.24. The normalized spacial score (nSPS) is 21.0. The van der Waals surface area contributed by atoms with E-state index in [0.29, 0.717) is 18.0 Å². The zero-order chi connectivity index (χ0) is 19.0. The van der Waals surface area contributed by atoms with Gasteiger partial charge in [-0.15, -0.1) is 12.4 Å². The number of benzene rings is 2. The minimum absolute atomic E-state index is 0. The Kier molecular flexibility index (Phi) is 6.16. The van der Waals surface area contributed by atoms with Crippen molar-refractivity contribution in [2.75, 3.05) is 17.2 Å². The van der Waals surface area contributed by atoms with Gasteiger partial charge >= 0.3 is 0 Å². The molecule has 0 bridgehead atoms. The number of nitrogens with two attached hydrogens (primary N) is 1. The smallest absolute Gasteiger partial charge is 0.239 e. The molecule has 7 heteroatoms. The van der Waals surface area contributed by atoms with Crippen LogP contribution >= 0.6 is 24.0 Å². The number of nitrogens with one attached hydrogen (secondary N) is 1. The van der Waals surface area contributed by atoms with Gasteiger partial charge in [0.2, 0.25) is 11.8 Å². The van der Waals surface area contributed by atoms with Gasteiger partial charge in [0.15, 0.2) is 0 Å². The van der Waals surface area contributed by atoms with E-state index in [-0.39, 0.29) is 30.3 Å². The van der Waals surface area contributed by atoms with Crippen LogP contribution in [0.5, 0.6) is 0 Å². The molecular weight excluding hydrogens is 397 g/mol. The van der Waals surface area contributed by atoms with Crippen LogP contribution in [0.4, 0.5) is 11.4 Å². The van der Waals surface area contributed by atoms with E-state index in [1.807, 2.05) is 30.3 Å². The highest BCUT2D eigenvalue weighted by molar-refractivity contribution is 6.31. The lowest BCUT2D eigenvalue weighted by molar-refractivity contribution is -0.132. The minimum atomic E-state index is -0.650. The van der Waals surface area contributed by atoms with Crippen LogP contribution in [-0.2, 0) is 16.0 Å². The SMILES string of the molecule is Cl.Nc1ccc2c(c1)CCCC2NC(=O)C1CCN(c2cccc(Cl)c2)C1=O. The van der Waals surface area contributed by atoms with Crippen molar-refractivity contribution in [3.63, 3.8) is 0 Å². The third-order valence-electron chi connectivity index (χ3n) is 5.44. The lowest BCUT2D eigenvalue weighted by Gasteiger charge is -2.27. The number of hydrogen-bond acceptors (Lipinski definition) is 3. The first kappa shape index (κ1) is 20.5. The van der Waals surface area contributed by atoms with Gasteiger partial charge in [-0.05, 0) is 67.1 Å². The maximum atomic E-state index is 12.8. The van der Waals surface area contributed by atoms with Crippen molar-refractivity contribution in [1.29, 1.82) is 0 Å². The highest BCUT2D eigenvalue weighted by Crippen LogP contribution is 2.32. The number of hydrogen-bond donors (Lipinski definition) is 2. The number of aryl methyl sites for hydroxylation is 1. The second kappa shape index (κ2) is 8.41. The van der Waals surface area contributed by atoms with Crippen LogP contribution < -0.4 is 16.0 Å². The Labute approximate surface area is 175 Å². The van der Waals surface area contributed by atoms with Crippen LogP contribution in [0.1, 0.15) is 36.4 Å². The molecule has 148 valence electrons. The number of nitrogen functional groups attached to an aromatic ring is 1. The van der Waals surface area contributed by atoms with E-state index in [1.165, 1.54) is 5.56 Å². The van der Waals surface area contributed by atoms with Crippen LogP contribution in [0.15, 0.2) is 42.5 Å². The molecule has 0 spiro atoms. The van der Waals surface area contributed by atoms with Gasteiger partial charge in [-0.1, -0.05) is 23.7 Å². The van der Waals surface area contributed by atoms with Gasteiger partial charge in [0.1, 0.15) is 5.92 Å². The average Bonchev–Trinajstić information content (AvgIpc) is 3.03. The fraction of sp³-hybridized carbons (Fsp3) is 0.333. The fourth-order valence-corrected chi connectivity index (χ4v) is 4.26. The number of carbonyl (C=O) groups excluding carboxylic acids is 2. The average molecular weight is 420 g/mol. The second-order valence-corrected chi connectivity index (χ2v) is 7.66. The number of fused-ring (bicyclic) bond motifs is 1. The monoisotopic (exact) mass is 419 g/mol. The summed E-state index contributed by atoms with van der Waals surface area (Å²) >= 11 is 6.03. The number of carbonyl (C=O) groups is 2. The number of nitrogens with zero attached hydrogens (tertiary/aromatic N) is 1. The van der Waals surface area contributed by atoms with E-state index in [2.05, 4.69) is 5.32 Å². The molecule has 3 N–H and O–H groups in total. The first-order valence-corrected chi connectivity index (χ1v) is 9.66. The fourth-order valence-electron chi connectivity index (χ4n) is 4.08. The first-order chi connectivity index (χ1) is 13.0. The Balaban J connectivity index is 0.00000225. The molecule has 1 aliphatic heterocycles. The summed E-state index contributed by atoms with van der Waals surface area (Å²) < 4.78 is 0. The summed E-state index contributed by atoms with van der Waals surface area (Å²) in [5.41, 5.74) is 9.65. The van der Waals surface area contributed by atoms with Gasteiger partial charge in [0.05, 0.1) is 6.04 Å². The predicted molar refractivity (Wildman–Crippen MR) is 114 cm³/mol. The summed E-state index contributed by atoms with van der Waals surface area (Å²) in [6.07, 6.45) is 3.35. The minimum Gasteiger partial charge on any atom is -0.399 e. The lowest BCUT2D eigenvalue weighted by Crippen LogP contribution is -2.39. The largest absolute Gasteiger partial charge is 0.399 e. The van der Waals surface area contributed by atoms with Crippen LogP contribution in [0, 0.1) is 5.92 Å². The Morgan fingerprint density at radius 2 is 2.00 bits per heavy atom. The Bertz CT molecular complexity index is 903. The molecule has 2 aromatic rings. The summed E-state index contributed by atoms with van der Waals surface area (Å²) in [6, 6.07) is 12.9. The summed E-state index contributed by atoms with van der Waals surface area (Å²) in [7, 11) is 0. The van der Waals surface area contributed by atoms with Crippen LogP contribution in [0.2, 0.25) is 5.02 Å². The van der Waals surface area contributed by atoms with Crippen molar-refractivity contribution >= 4 is 47.2 Å². The molecule has 28 heavy (non-hydrogen) atoms. The first-order valence-electron chi connectivity index (χ1n) is 9.28. The standard InChI is InChI=1S/C21H22ClN3O2.ClH/c22-14-4-2-5-16(12-14)25-10-9-18(21(25)27)20(26)24-19-6-1-3-13-11-15(23)7-8-17(13)19;/h2,4-5,7-8,11-12,18-19H,1,3,6,9-10,23H2,(H,24,26);1H. The van der Waals surface area contributed by atoms with E-state index >= 15 is 0 Å². The molecule has 2 unspecified atom stereocenters. The van der Waals surface area contributed by atoms with Crippen LogP contribution in [0.25, 0.3) is 0 Å². The van der Waals surface area contributed by atoms with Gasteiger partial charge in [0.25, 0.3) is 0 Å². The summed E-state index contributed by atoms with van der Waals surface area (Å²) in [5, 5.41) is 3.67. The highest BCUT2D eigenvalue weighted by atomic mass is 35.5. The third kappa shape index (κ3) is 3.96. The second-order valence-electron chi connectivity index (χ2n) is 7.22. The van der Waals surface area contributed by atoms with E-state index in [9.17, 15) is 9.59 Å². The number of halogens is 2. The van der Waals surface area contributed by atoms with Crippen molar-refractivity contribution in [2.24, 2.45) is 5.92 Å². The van der Waals surface area contributed by atoms with Crippen molar-refractivity contribution in [3.8, 4) is 0 Å². The molecule has 0 saturated carbocycles. The zero-order valence-electron chi connectivity index (χ0n) is 15.4. The van der Waals surface area contributed by atoms with E-state index < -0.39 is 5.92 Å². The van der Waals surface area contributed by atoms with E-state index in [4.69, 9.17) is 17.3 Å². The van der Waals surface area contributed by atoms with Crippen LogP contribution in [-0.4, -0.2) is 18.4 Å². The maximum absolute atomic E-state index is 12.8. The molecule has 2 aliphatic rings. The number of amides is 2. The molecule has 5 nitrogen and oxygen atoms in total. The zero-order valence-corrected chi connectivity index (χ0v) is 16.9. The molecule has 1 fully saturated rings. The van der Waals surface area contributed by atoms with Gasteiger partial charge in [0, 0.05) is 22.9 Å². The molecule has 2 aromatic carbocycles. The molecular formula is C21H23Cl2N3O2.